The first-order chi connectivity index (χ1) is 15.9. The van der Waals surface area contributed by atoms with Crippen molar-refractivity contribution in [3.63, 3.8) is 0 Å². The molecule has 8 heteroatoms. The van der Waals surface area contributed by atoms with E-state index in [0.717, 1.165) is 26.1 Å². The topological polar surface area (TPSA) is 68.8 Å². The summed E-state index contributed by atoms with van der Waals surface area (Å²) in [7, 11) is 1.64. The molecule has 0 bridgehead atoms. The molecule has 3 aromatic carbocycles. The number of methoxy groups -OCH3 is 1. The van der Waals surface area contributed by atoms with Crippen LogP contribution in [0.4, 0.5) is 11.4 Å². The molecule has 174 valence electrons. The van der Waals surface area contributed by atoms with Gasteiger partial charge in [-0.1, -0.05) is 17.7 Å². The van der Waals surface area contributed by atoms with Gasteiger partial charge in [0.05, 0.1) is 17.3 Å². The molecule has 0 aromatic heterocycles. The van der Waals surface area contributed by atoms with Crippen molar-refractivity contribution in [3.05, 3.63) is 74.3 Å². The second-order valence-electron chi connectivity index (χ2n) is 7.22. The average molecular weight is 581 g/mol. The fourth-order valence-electron chi connectivity index (χ4n) is 3.04. The van der Waals surface area contributed by atoms with Crippen LogP contribution in [0.25, 0.3) is 0 Å². The third-order valence-corrected chi connectivity index (χ3v) is 5.97. The summed E-state index contributed by atoms with van der Waals surface area (Å²) < 4.78 is 17.7. The zero-order valence-corrected chi connectivity index (χ0v) is 21.6. The van der Waals surface area contributed by atoms with Crippen LogP contribution in [0.1, 0.15) is 18.1 Å². The molecule has 0 aliphatic rings. The minimum absolute atomic E-state index is 0.148. The molecule has 0 saturated carbocycles. The van der Waals surface area contributed by atoms with Crippen LogP contribution in [0.2, 0.25) is 5.02 Å². The van der Waals surface area contributed by atoms with Crippen LogP contribution in [0.5, 0.6) is 17.2 Å². The number of nitrogens with one attached hydrogen (secondary N) is 2. The summed E-state index contributed by atoms with van der Waals surface area (Å²) in [5.74, 6) is 1.67. The van der Waals surface area contributed by atoms with Crippen molar-refractivity contribution in [2.45, 2.75) is 20.4 Å². The van der Waals surface area contributed by atoms with Gasteiger partial charge < -0.3 is 24.8 Å². The lowest BCUT2D eigenvalue weighted by Gasteiger charge is -2.16. The number of anilines is 2. The van der Waals surface area contributed by atoms with E-state index in [1.54, 1.807) is 19.2 Å². The summed E-state index contributed by atoms with van der Waals surface area (Å²) in [6.07, 6.45) is 0. The van der Waals surface area contributed by atoms with Crippen LogP contribution in [0, 0.1) is 10.5 Å². The third-order valence-electron chi connectivity index (χ3n) is 4.76. The van der Waals surface area contributed by atoms with Gasteiger partial charge in [0.15, 0.2) is 18.1 Å². The second kappa shape index (κ2) is 12.0. The first-order valence-electron chi connectivity index (χ1n) is 10.4. The summed E-state index contributed by atoms with van der Waals surface area (Å²) >= 11 is 8.32. The van der Waals surface area contributed by atoms with Gasteiger partial charge in [-0.25, -0.2) is 0 Å². The lowest BCUT2D eigenvalue weighted by atomic mass is 10.2. The first kappa shape index (κ1) is 25.0. The highest BCUT2D eigenvalue weighted by Gasteiger charge is 2.14. The van der Waals surface area contributed by atoms with E-state index in [2.05, 4.69) is 33.2 Å². The van der Waals surface area contributed by atoms with E-state index in [4.69, 9.17) is 25.8 Å². The maximum absolute atomic E-state index is 12.4. The third kappa shape index (κ3) is 7.17. The van der Waals surface area contributed by atoms with Gasteiger partial charge >= 0.3 is 0 Å². The van der Waals surface area contributed by atoms with E-state index in [9.17, 15) is 4.79 Å². The van der Waals surface area contributed by atoms with Crippen LogP contribution in [0.3, 0.4) is 0 Å². The summed E-state index contributed by atoms with van der Waals surface area (Å²) in [6, 6.07) is 17.0. The molecule has 1 amide bonds. The van der Waals surface area contributed by atoms with E-state index in [1.165, 1.54) is 0 Å². The van der Waals surface area contributed by atoms with Crippen molar-refractivity contribution in [2.24, 2.45) is 0 Å². The average Bonchev–Trinajstić information content (AvgIpc) is 2.80. The molecule has 3 aromatic rings. The Hall–Kier alpha value is -2.65. The second-order valence-corrected chi connectivity index (χ2v) is 8.79. The molecule has 3 rings (SSSR count). The van der Waals surface area contributed by atoms with Crippen LogP contribution in [-0.2, 0) is 11.3 Å². The minimum Gasteiger partial charge on any atom is -0.497 e. The van der Waals surface area contributed by atoms with Gasteiger partial charge in [-0.05, 0) is 96.1 Å². The van der Waals surface area contributed by atoms with Crippen molar-refractivity contribution in [1.82, 2.24) is 0 Å². The molecule has 0 radical (unpaired) electrons. The van der Waals surface area contributed by atoms with Crippen molar-refractivity contribution in [1.29, 1.82) is 0 Å². The molecule has 6 nitrogen and oxygen atoms in total. The molecule has 0 spiro atoms. The van der Waals surface area contributed by atoms with Gasteiger partial charge in [-0.3, -0.25) is 4.79 Å². The van der Waals surface area contributed by atoms with Crippen molar-refractivity contribution in [2.75, 3.05) is 31.0 Å². The van der Waals surface area contributed by atoms with Crippen LogP contribution >= 0.6 is 34.2 Å². The number of benzene rings is 3. The van der Waals surface area contributed by atoms with Crippen LogP contribution < -0.4 is 24.8 Å². The Balaban J connectivity index is 1.65. The summed E-state index contributed by atoms with van der Waals surface area (Å²) in [6.45, 7) is 4.76. The Morgan fingerprint density at radius 1 is 1.03 bits per heavy atom. The van der Waals surface area contributed by atoms with Crippen molar-refractivity contribution in [3.8, 4) is 17.2 Å². The molecule has 0 saturated heterocycles. The van der Waals surface area contributed by atoms with Gasteiger partial charge in [-0.2, -0.15) is 0 Å². The van der Waals surface area contributed by atoms with Crippen LogP contribution in [0.15, 0.2) is 54.6 Å². The lowest BCUT2D eigenvalue weighted by molar-refractivity contribution is -0.118. The van der Waals surface area contributed by atoms with Crippen LogP contribution in [-0.4, -0.2) is 26.2 Å². The predicted molar refractivity (Wildman–Crippen MR) is 141 cm³/mol. The smallest absolute Gasteiger partial charge is 0.262 e. The fraction of sp³-hybridized carbons (Fsp3) is 0.240. The van der Waals surface area contributed by atoms with E-state index in [1.807, 2.05) is 56.3 Å². The standard InChI is InChI=1S/C25H26ClIN2O4/c1-4-32-23-12-17(14-28-18-7-9-20(31-3)10-8-18)11-22(27)25(23)33-15-24(30)29-19-6-5-16(2)21(26)13-19/h5-13,28H,4,14-15H2,1-3H3,(H,29,30). The summed E-state index contributed by atoms with van der Waals surface area (Å²) in [5, 5.41) is 6.78. The van der Waals surface area contributed by atoms with Crippen molar-refractivity contribution >= 4 is 51.5 Å². The molecule has 0 aliphatic heterocycles. The molecule has 0 heterocycles. The Bertz CT molecular complexity index is 1110. The molecule has 0 fully saturated rings. The molecule has 0 aliphatic carbocycles. The maximum atomic E-state index is 12.4. The number of ether oxygens (including phenoxy) is 3. The lowest BCUT2D eigenvalue weighted by Crippen LogP contribution is -2.20. The number of hydrogen-bond donors (Lipinski definition) is 2. The Kier molecular flexibility index (Phi) is 9.08. The van der Waals surface area contributed by atoms with Gasteiger partial charge in [0.25, 0.3) is 5.91 Å². The highest BCUT2D eigenvalue weighted by molar-refractivity contribution is 14.1. The van der Waals surface area contributed by atoms with Gasteiger partial charge in [-0.15, -0.1) is 0 Å². The van der Waals surface area contributed by atoms with E-state index < -0.39 is 0 Å². The fourth-order valence-corrected chi connectivity index (χ4v) is 4.05. The number of amides is 1. The van der Waals surface area contributed by atoms with E-state index >= 15 is 0 Å². The number of carbonyl (C=O) groups is 1. The van der Waals surface area contributed by atoms with Gasteiger partial charge in [0.2, 0.25) is 0 Å². The van der Waals surface area contributed by atoms with E-state index in [0.29, 0.717) is 35.4 Å². The highest BCUT2D eigenvalue weighted by atomic mass is 127. The summed E-state index contributed by atoms with van der Waals surface area (Å²) in [4.78, 5) is 12.4. The molecule has 2 N–H and O–H groups in total. The number of aryl methyl sites for hydroxylation is 1. The largest absolute Gasteiger partial charge is 0.497 e. The normalized spacial score (nSPS) is 10.5. The SMILES string of the molecule is CCOc1cc(CNc2ccc(OC)cc2)cc(I)c1OCC(=O)Nc1ccc(C)c(Cl)c1. The Morgan fingerprint density at radius 2 is 1.76 bits per heavy atom. The quantitative estimate of drug-likeness (QED) is 0.276. The Labute approximate surface area is 212 Å². The molecular weight excluding hydrogens is 555 g/mol. The number of halogens is 2. The molecule has 0 unspecified atom stereocenters. The Morgan fingerprint density at radius 3 is 2.42 bits per heavy atom. The first-order valence-corrected chi connectivity index (χ1v) is 11.9. The molecular formula is C25H26ClIN2O4. The molecule has 0 atom stereocenters. The highest BCUT2D eigenvalue weighted by Crippen LogP contribution is 2.34. The number of carbonyl (C=O) groups excluding carboxylic acids is 1. The summed E-state index contributed by atoms with van der Waals surface area (Å²) in [5.41, 5.74) is 3.59. The maximum Gasteiger partial charge on any atom is 0.262 e. The zero-order chi connectivity index (χ0) is 23.8. The minimum atomic E-state index is -0.279. The predicted octanol–water partition coefficient (Wildman–Crippen LogP) is 6.29. The monoisotopic (exact) mass is 580 g/mol. The van der Waals surface area contributed by atoms with Gasteiger partial charge in [0, 0.05) is 22.9 Å². The zero-order valence-electron chi connectivity index (χ0n) is 18.7. The number of rotatable bonds is 10. The van der Waals surface area contributed by atoms with Crippen molar-refractivity contribution < 1.29 is 19.0 Å². The van der Waals surface area contributed by atoms with Gasteiger partial charge in [0.1, 0.15) is 5.75 Å². The number of hydrogen-bond acceptors (Lipinski definition) is 5. The van der Waals surface area contributed by atoms with E-state index in [-0.39, 0.29) is 12.5 Å². The molecule has 33 heavy (non-hydrogen) atoms.